The van der Waals surface area contributed by atoms with Crippen LogP contribution >= 0.6 is 22.6 Å². The van der Waals surface area contributed by atoms with Crippen molar-refractivity contribution in [1.29, 1.82) is 0 Å². The van der Waals surface area contributed by atoms with Crippen molar-refractivity contribution in [3.05, 3.63) is 108 Å². The Morgan fingerprint density at radius 1 is 1.09 bits per heavy atom. The van der Waals surface area contributed by atoms with E-state index in [4.69, 9.17) is 9.47 Å². The summed E-state index contributed by atoms with van der Waals surface area (Å²) in [5, 5.41) is 11.2. The molecule has 0 unspecified atom stereocenters. The minimum absolute atomic E-state index is 0.0434. The Morgan fingerprint density at radius 3 is 2.50 bits per heavy atom. The maximum absolute atomic E-state index is 12.2. The van der Waals surface area contributed by atoms with Crippen LogP contribution in [0.3, 0.4) is 0 Å². The first-order chi connectivity index (χ1) is 15.4. The number of cyclic esters (lactones) is 1. The third-order valence-corrected chi connectivity index (χ3v) is 5.49. The van der Waals surface area contributed by atoms with Gasteiger partial charge in [0.2, 0.25) is 5.90 Å². The Kier molecular flexibility index (Phi) is 6.31. The number of esters is 1. The van der Waals surface area contributed by atoms with Gasteiger partial charge in [0, 0.05) is 20.8 Å². The lowest BCUT2D eigenvalue weighted by Crippen LogP contribution is -2.06. The standard InChI is InChI=1S/C24H17IN2O5/c1-15-2-7-18(13-22(15)27(29)30)23-26-21(24(28)32-23)12-16-5-10-20(11-6-16)31-14-17-3-8-19(25)9-4-17/h2-13H,14H2,1H3/b21-12-. The number of rotatable bonds is 6. The highest BCUT2D eigenvalue weighted by atomic mass is 127. The van der Waals surface area contributed by atoms with Gasteiger partial charge in [0.25, 0.3) is 5.69 Å². The van der Waals surface area contributed by atoms with Gasteiger partial charge in [-0.3, -0.25) is 10.1 Å². The van der Waals surface area contributed by atoms with E-state index in [9.17, 15) is 14.9 Å². The summed E-state index contributed by atoms with van der Waals surface area (Å²) in [5.41, 5.74) is 2.78. The molecular weight excluding hydrogens is 523 g/mol. The molecule has 0 amide bonds. The fraction of sp³-hybridized carbons (Fsp3) is 0.0833. The van der Waals surface area contributed by atoms with Gasteiger partial charge in [-0.15, -0.1) is 0 Å². The van der Waals surface area contributed by atoms with Crippen molar-refractivity contribution in [2.24, 2.45) is 4.99 Å². The first-order valence-corrected chi connectivity index (χ1v) is 10.7. The minimum atomic E-state index is -0.609. The summed E-state index contributed by atoms with van der Waals surface area (Å²) in [6, 6.07) is 19.9. The van der Waals surface area contributed by atoms with E-state index in [-0.39, 0.29) is 17.3 Å². The highest BCUT2D eigenvalue weighted by molar-refractivity contribution is 14.1. The predicted octanol–water partition coefficient (Wildman–Crippen LogP) is 5.43. The zero-order valence-corrected chi connectivity index (χ0v) is 19.1. The van der Waals surface area contributed by atoms with Gasteiger partial charge in [-0.25, -0.2) is 9.79 Å². The van der Waals surface area contributed by atoms with Crippen LogP contribution in [-0.4, -0.2) is 16.8 Å². The summed E-state index contributed by atoms with van der Waals surface area (Å²) in [7, 11) is 0. The van der Waals surface area contributed by atoms with E-state index in [1.807, 2.05) is 48.5 Å². The Labute approximate surface area is 197 Å². The van der Waals surface area contributed by atoms with E-state index in [1.165, 1.54) is 9.64 Å². The molecule has 160 valence electrons. The molecule has 0 saturated carbocycles. The van der Waals surface area contributed by atoms with E-state index in [1.54, 1.807) is 25.1 Å². The Balaban J connectivity index is 1.48. The number of hydrogen-bond donors (Lipinski definition) is 0. The normalized spacial score (nSPS) is 14.2. The van der Waals surface area contributed by atoms with Crippen molar-refractivity contribution in [3.63, 3.8) is 0 Å². The monoisotopic (exact) mass is 540 g/mol. The SMILES string of the molecule is Cc1ccc(C2=N/C(=C\c3ccc(OCc4ccc(I)cc4)cc3)C(=O)O2)cc1[N+](=O)[O-]. The van der Waals surface area contributed by atoms with Crippen LogP contribution in [0.4, 0.5) is 5.69 Å². The second-order valence-electron chi connectivity index (χ2n) is 7.08. The van der Waals surface area contributed by atoms with Crippen molar-refractivity contribution < 1.29 is 19.2 Å². The molecule has 0 aromatic heterocycles. The molecular formula is C24H17IN2O5. The molecule has 1 aliphatic heterocycles. The van der Waals surface area contributed by atoms with Gasteiger partial charge in [-0.05, 0) is 77.0 Å². The third kappa shape index (κ3) is 5.02. The maximum Gasteiger partial charge on any atom is 0.363 e. The average molecular weight is 540 g/mol. The highest BCUT2D eigenvalue weighted by Gasteiger charge is 2.25. The molecule has 0 saturated heterocycles. The van der Waals surface area contributed by atoms with E-state index in [2.05, 4.69) is 27.6 Å². The highest BCUT2D eigenvalue weighted by Crippen LogP contribution is 2.24. The molecule has 0 atom stereocenters. The summed E-state index contributed by atoms with van der Waals surface area (Å²) in [4.78, 5) is 27.1. The second kappa shape index (κ2) is 9.31. The summed E-state index contributed by atoms with van der Waals surface area (Å²) in [5.74, 6) is 0.139. The molecule has 0 N–H and O–H groups in total. The lowest BCUT2D eigenvalue weighted by atomic mass is 10.1. The smallest absolute Gasteiger partial charge is 0.363 e. The quantitative estimate of drug-likeness (QED) is 0.137. The summed E-state index contributed by atoms with van der Waals surface area (Å²) in [6.45, 7) is 2.10. The zero-order chi connectivity index (χ0) is 22.7. The Bertz CT molecular complexity index is 1250. The summed E-state index contributed by atoms with van der Waals surface area (Å²) < 4.78 is 12.2. The van der Waals surface area contributed by atoms with Gasteiger partial charge in [-0.1, -0.05) is 30.3 Å². The molecule has 3 aromatic rings. The number of nitro benzene ring substituents is 1. The molecule has 0 spiro atoms. The first-order valence-electron chi connectivity index (χ1n) is 9.64. The topological polar surface area (TPSA) is 91.0 Å². The van der Waals surface area contributed by atoms with Crippen LogP contribution in [0.15, 0.2) is 77.4 Å². The van der Waals surface area contributed by atoms with Crippen LogP contribution in [0.1, 0.15) is 22.3 Å². The molecule has 1 aliphatic rings. The van der Waals surface area contributed by atoms with Crippen LogP contribution in [0.5, 0.6) is 5.75 Å². The fourth-order valence-corrected chi connectivity index (χ4v) is 3.40. The van der Waals surface area contributed by atoms with E-state index in [0.717, 1.165) is 11.1 Å². The second-order valence-corrected chi connectivity index (χ2v) is 8.32. The van der Waals surface area contributed by atoms with Crippen LogP contribution in [-0.2, 0) is 16.1 Å². The molecule has 4 rings (SSSR count). The first kappa shape index (κ1) is 21.7. The van der Waals surface area contributed by atoms with Gasteiger partial charge >= 0.3 is 5.97 Å². The molecule has 0 radical (unpaired) electrons. The average Bonchev–Trinajstić information content (AvgIpc) is 3.14. The number of nitro groups is 1. The molecule has 0 bridgehead atoms. The largest absolute Gasteiger partial charge is 0.489 e. The number of halogens is 1. The van der Waals surface area contributed by atoms with E-state index >= 15 is 0 Å². The number of aryl methyl sites for hydroxylation is 1. The number of ether oxygens (including phenoxy) is 2. The van der Waals surface area contributed by atoms with Gasteiger partial charge < -0.3 is 9.47 Å². The number of nitrogens with zero attached hydrogens (tertiary/aromatic N) is 2. The van der Waals surface area contributed by atoms with Gasteiger partial charge in [0.1, 0.15) is 12.4 Å². The number of aliphatic imine (C=N–C) groups is 1. The van der Waals surface area contributed by atoms with Crippen LogP contribution < -0.4 is 4.74 Å². The van der Waals surface area contributed by atoms with E-state index in [0.29, 0.717) is 23.5 Å². The lowest BCUT2D eigenvalue weighted by Gasteiger charge is -2.06. The molecule has 0 aliphatic carbocycles. The van der Waals surface area contributed by atoms with Crippen LogP contribution in [0.2, 0.25) is 0 Å². The number of carbonyl (C=O) groups excluding carboxylic acids is 1. The Hall–Kier alpha value is -3.53. The fourth-order valence-electron chi connectivity index (χ4n) is 3.04. The van der Waals surface area contributed by atoms with Crippen molar-refractivity contribution in [2.45, 2.75) is 13.5 Å². The molecule has 3 aromatic carbocycles. The number of carbonyl (C=O) groups is 1. The molecule has 0 fully saturated rings. The van der Waals surface area contributed by atoms with Crippen molar-refractivity contribution >= 4 is 46.2 Å². The molecule has 8 heteroatoms. The number of benzene rings is 3. The third-order valence-electron chi connectivity index (χ3n) is 4.78. The van der Waals surface area contributed by atoms with Crippen molar-refractivity contribution in [3.8, 4) is 5.75 Å². The minimum Gasteiger partial charge on any atom is -0.489 e. The van der Waals surface area contributed by atoms with Gasteiger partial charge in [0.15, 0.2) is 5.70 Å². The van der Waals surface area contributed by atoms with Crippen molar-refractivity contribution in [1.82, 2.24) is 0 Å². The van der Waals surface area contributed by atoms with Gasteiger partial charge in [-0.2, -0.15) is 0 Å². The van der Waals surface area contributed by atoms with Crippen molar-refractivity contribution in [2.75, 3.05) is 0 Å². The van der Waals surface area contributed by atoms with E-state index < -0.39 is 10.9 Å². The van der Waals surface area contributed by atoms with Crippen LogP contribution in [0.25, 0.3) is 6.08 Å². The predicted molar refractivity (Wildman–Crippen MR) is 128 cm³/mol. The van der Waals surface area contributed by atoms with Gasteiger partial charge in [0.05, 0.1) is 4.92 Å². The zero-order valence-electron chi connectivity index (χ0n) is 16.9. The molecule has 32 heavy (non-hydrogen) atoms. The summed E-state index contributed by atoms with van der Waals surface area (Å²) >= 11 is 2.26. The van der Waals surface area contributed by atoms with Crippen LogP contribution in [0, 0.1) is 20.6 Å². The summed E-state index contributed by atoms with van der Waals surface area (Å²) in [6.07, 6.45) is 1.60. The Morgan fingerprint density at radius 2 is 1.81 bits per heavy atom. The maximum atomic E-state index is 12.2. The molecule has 7 nitrogen and oxygen atoms in total. The molecule has 1 heterocycles. The number of hydrogen-bond acceptors (Lipinski definition) is 6. The lowest BCUT2D eigenvalue weighted by molar-refractivity contribution is -0.385.